The van der Waals surface area contributed by atoms with E-state index in [1.54, 1.807) is 12.1 Å². The topological polar surface area (TPSA) is 58.2 Å². The van der Waals surface area contributed by atoms with Gasteiger partial charge in [0.05, 0.1) is 6.04 Å². The summed E-state index contributed by atoms with van der Waals surface area (Å²) in [6.45, 7) is 8.03. The normalized spacial score (nSPS) is 12.3. The highest BCUT2D eigenvalue weighted by Crippen LogP contribution is 2.22. The fraction of sp³-hybridized carbons (Fsp3) is 0.231. The summed E-state index contributed by atoms with van der Waals surface area (Å²) in [5.41, 5.74) is 5.05. The van der Waals surface area contributed by atoms with Crippen LogP contribution in [-0.2, 0) is 4.79 Å². The van der Waals surface area contributed by atoms with Gasteiger partial charge in [0.2, 0.25) is 0 Å². The highest BCUT2D eigenvalue weighted by atomic mass is 32.1. The van der Waals surface area contributed by atoms with Crippen LogP contribution in [0.5, 0.6) is 0 Å². The summed E-state index contributed by atoms with van der Waals surface area (Å²) < 4.78 is 0. The molecule has 0 unspecified atom stereocenters. The highest BCUT2D eigenvalue weighted by Gasteiger charge is 2.20. The lowest BCUT2D eigenvalue weighted by Gasteiger charge is -2.21. The average molecular weight is 433 g/mol. The van der Waals surface area contributed by atoms with Gasteiger partial charge in [0.25, 0.3) is 11.8 Å². The van der Waals surface area contributed by atoms with Crippen molar-refractivity contribution >= 4 is 29.2 Å². The third-order valence-corrected chi connectivity index (χ3v) is 6.05. The van der Waals surface area contributed by atoms with Crippen LogP contribution in [0.15, 0.2) is 65.7 Å². The Morgan fingerprint density at radius 1 is 1.00 bits per heavy atom. The van der Waals surface area contributed by atoms with Crippen molar-refractivity contribution in [2.24, 2.45) is 0 Å². The van der Waals surface area contributed by atoms with Crippen LogP contribution in [0.2, 0.25) is 0 Å². The zero-order valence-corrected chi connectivity index (χ0v) is 19.2. The first-order valence-corrected chi connectivity index (χ1v) is 11.3. The van der Waals surface area contributed by atoms with Crippen LogP contribution in [0.3, 0.4) is 0 Å². The van der Waals surface area contributed by atoms with E-state index >= 15 is 0 Å². The quantitative estimate of drug-likeness (QED) is 0.470. The number of hydrogen-bond acceptors (Lipinski definition) is 3. The molecule has 1 atom stereocenters. The molecule has 3 rings (SSSR count). The van der Waals surface area contributed by atoms with Gasteiger partial charge < -0.3 is 10.6 Å². The first-order valence-electron chi connectivity index (χ1n) is 10.4. The third-order valence-electron chi connectivity index (χ3n) is 5.23. The lowest BCUT2D eigenvalue weighted by molar-refractivity contribution is -0.118. The minimum absolute atomic E-state index is 0.143. The smallest absolute Gasteiger partial charge is 0.268 e. The van der Waals surface area contributed by atoms with Crippen LogP contribution in [-0.4, -0.2) is 11.8 Å². The van der Waals surface area contributed by atoms with Crippen LogP contribution in [0.25, 0.3) is 6.08 Å². The molecule has 0 aliphatic heterocycles. The predicted octanol–water partition coefficient (Wildman–Crippen LogP) is 5.71. The Kier molecular flexibility index (Phi) is 7.42. The van der Waals surface area contributed by atoms with Gasteiger partial charge in [-0.25, -0.2) is 0 Å². The number of aryl methyl sites for hydroxylation is 3. The molecule has 0 saturated heterocycles. The second-order valence-corrected chi connectivity index (χ2v) is 8.62. The van der Waals surface area contributed by atoms with Crippen molar-refractivity contribution in [2.75, 3.05) is 0 Å². The van der Waals surface area contributed by atoms with E-state index in [-0.39, 0.29) is 23.6 Å². The number of carbonyl (C=O) groups excluding carboxylic acids is 2. The van der Waals surface area contributed by atoms with Crippen molar-refractivity contribution in [3.63, 3.8) is 0 Å². The summed E-state index contributed by atoms with van der Waals surface area (Å²) >= 11 is 1.51. The van der Waals surface area contributed by atoms with E-state index in [4.69, 9.17) is 0 Å². The molecule has 0 bridgehead atoms. The van der Waals surface area contributed by atoms with E-state index in [0.717, 1.165) is 28.0 Å². The molecule has 2 N–H and O–H groups in total. The number of amides is 2. The molecule has 31 heavy (non-hydrogen) atoms. The Morgan fingerprint density at radius 3 is 2.42 bits per heavy atom. The van der Waals surface area contributed by atoms with Gasteiger partial charge in [0.1, 0.15) is 5.70 Å². The second-order valence-electron chi connectivity index (χ2n) is 7.64. The highest BCUT2D eigenvalue weighted by molar-refractivity contribution is 7.10. The molecule has 1 heterocycles. The van der Waals surface area contributed by atoms with Crippen LogP contribution >= 0.6 is 11.3 Å². The van der Waals surface area contributed by atoms with Gasteiger partial charge >= 0.3 is 0 Å². The molecule has 2 amide bonds. The molecule has 0 spiro atoms. The number of rotatable bonds is 7. The van der Waals surface area contributed by atoms with Crippen molar-refractivity contribution in [1.29, 1.82) is 0 Å². The Balaban J connectivity index is 1.87. The first-order chi connectivity index (χ1) is 14.9. The molecule has 0 saturated carbocycles. The summed E-state index contributed by atoms with van der Waals surface area (Å²) in [6, 6.07) is 17.3. The zero-order chi connectivity index (χ0) is 22.4. The fourth-order valence-corrected chi connectivity index (χ4v) is 4.20. The fourth-order valence-electron chi connectivity index (χ4n) is 3.54. The number of nitrogens with one attached hydrogen (secondary N) is 2. The number of thiophene rings is 1. The standard InChI is InChI=1S/C26H28N2O2S/c1-5-23(21-13-12-17(2)15-19(21)4)27-26(30)24(16-20-10-8-14-31-20)28-25(29)22-11-7-6-9-18(22)3/h6-16,23H,5H2,1-4H3,(H,27,30)(H,28,29)/b24-16-/t23-/m0/s1. The van der Waals surface area contributed by atoms with Gasteiger partial charge in [-0.3, -0.25) is 9.59 Å². The Hall–Kier alpha value is -3.18. The molecular weight excluding hydrogens is 404 g/mol. The largest absolute Gasteiger partial charge is 0.344 e. The van der Waals surface area contributed by atoms with E-state index in [0.29, 0.717) is 5.56 Å². The van der Waals surface area contributed by atoms with Crippen molar-refractivity contribution < 1.29 is 9.59 Å². The summed E-state index contributed by atoms with van der Waals surface area (Å²) in [7, 11) is 0. The lowest BCUT2D eigenvalue weighted by atomic mass is 9.97. The maximum absolute atomic E-state index is 13.3. The molecule has 160 valence electrons. The van der Waals surface area contributed by atoms with Gasteiger partial charge in [0.15, 0.2) is 0 Å². The van der Waals surface area contributed by atoms with Crippen LogP contribution < -0.4 is 10.6 Å². The molecule has 4 nitrogen and oxygen atoms in total. The average Bonchev–Trinajstić information content (AvgIpc) is 3.25. The molecule has 0 aliphatic rings. The molecule has 0 radical (unpaired) electrons. The molecule has 3 aromatic rings. The second kappa shape index (κ2) is 10.2. The van der Waals surface area contributed by atoms with E-state index in [2.05, 4.69) is 42.7 Å². The SMILES string of the molecule is CC[C@H](NC(=O)/C(=C/c1cccs1)NC(=O)c1ccccc1C)c1ccc(C)cc1C. The molecule has 1 aromatic heterocycles. The lowest BCUT2D eigenvalue weighted by Crippen LogP contribution is -2.37. The van der Waals surface area contributed by atoms with Crippen molar-refractivity contribution in [1.82, 2.24) is 10.6 Å². The molecule has 5 heteroatoms. The summed E-state index contributed by atoms with van der Waals surface area (Å²) in [5, 5.41) is 7.88. The number of benzene rings is 2. The summed E-state index contributed by atoms with van der Waals surface area (Å²) in [5.74, 6) is -0.599. The van der Waals surface area contributed by atoms with Crippen molar-refractivity contribution in [2.45, 2.75) is 40.2 Å². The Morgan fingerprint density at radius 2 is 1.77 bits per heavy atom. The maximum Gasteiger partial charge on any atom is 0.268 e. The number of hydrogen-bond donors (Lipinski definition) is 2. The predicted molar refractivity (Wildman–Crippen MR) is 128 cm³/mol. The van der Waals surface area contributed by atoms with Crippen LogP contribution in [0, 0.1) is 20.8 Å². The zero-order valence-electron chi connectivity index (χ0n) is 18.4. The van der Waals surface area contributed by atoms with Gasteiger partial charge in [-0.2, -0.15) is 0 Å². The molecular formula is C26H28N2O2S. The van der Waals surface area contributed by atoms with Gasteiger partial charge in [-0.15, -0.1) is 11.3 Å². The van der Waals surface area contributed by atoms with Crippen LogP contribution in [0.4, 0.5) is 0 Å². The summed E-state index contributed by atoms with van der Waals surface area (Å²) in [6.07, 6.45) is 2.47. The maximum atomic E-state index is 13.3. The van der Waals surface area contributed by atoms with Gasteiger partial charge in [-0.1, -0.05) is 55.0 Å². The summed E-state index contributed by atoms with van der Waals surface area (Å²) in [4.78, 5) is 27.0. The molecule has 0 aliphatic carbocycles. The van der Waals surface area contributed by atoms with E-state index < -0.39 is 0 Å². The number of carbonyl (C=O) groups is 2. The molecule has 0 fully saturated rings. The minimum Gasteiger partial charge on any atom is -0.344 e. The third kappa shape index (κ3) is 5.70. The minimum atomic E-state index is -0.304. The molecule has 2 aromatic carbocycles. The Labute approximate surface area is 188 Å². The van der Waals surface area contributed by atoms with Crippen molar-refractivity contribution in [3.8, 4) is 0 Å². The van der Waals surface area contributed by atoms with Gasteiger partial charge in [0, 0.05) is 10.4 Å². The van der Waals surface area contributed by atoms with Crippen LogP contribution in [0.1, 0.15) is 56.9 Å². The van der Waals surface area contributed by atoms with Crippen molar-refractivity contribution in [3.05, 3.63) is 98.4 Å². The van der Waals surface area contributed by atoms with E-state index in [9.17, 15) is 9.59 Å². The monoisotopic (exact) mass is 432 g/mol. The van der Waals surface area contributed by atoms with E-state index in [1.807, 2.05) is 49.6 Å². The van der Waals surface area contributed by atoms with Gasteiger partial charge in [-0.05, 0) is 67.5 Å². The first kappa shape index (κ1) is 22.5. The van der Waals surface area contributed by atoms with E-state index in [1.165, 1.54) is 16.9 Å². The Bertz CT molecular complexity index is 1100.